The van der Waals surface area contributed by atoms with Crippen molar-refractivity contribution in [3.05, 3.63) is 23.4 Å². The Labute approximate surface area is 128 Å². The lowest BCUT2D eigenvalue weighted by Gasteiger charge is -2.11. The molecule has 0 saturated carbocycles. The lowest BCUT2D eigenvalue weighted by Crippen LogP contribution is -2.27. The molecule has 1 rings (SSSR count). The molecule has 1 aromatic heterocycles. The highest BCUT2D eigenvalue weighted by molar-refractivity contribution is 5.80. The molecule has 4 nitrogen and oxygen atoms in total. The van der Waals surface area contributed by atoms with Crippen LogP contribution in [0.3, 0.4) is 0 Å². The quantitative estimate of drug-likeness (QED) is 0.711. The number of rotatable bonds is 9. The van der Waals surface area contributed by atoms with Crippen molar-refractivity contribution in [3.8, 4) is 5.88 Å². The number of ether oxygens (including phenoxy) is 1. The van der Waals surface area contributed by atoms with Crippen molar-refractivity contribution < 1.29 is 9.53 Å². The van der Waals surface area contributed by atoms with E-state index in [1.54, 1.807) is 0 Å². The molecular weight excluding hydrogens is 264 g/mol. The van der Waals surface area contributed by atoms with Gasteiger partial charge in [-0.25, -0.2) is 4.98 Å². The maximum atomic E-state index is 11.7. The van der Waals surface area contributed by atoms with Gasteiger partial charge < -0.3 is 10.1 Å². The van der Waals surface area contributed by atoms with Gasteiger partial charge in [0.1, 0.15) is 12.4 Å². The van der Waals surface area contributed by atoms with Crippen molar-refractivity contribution in [3.63, 3.8) is 0 Å². The van der Waals surface area contributed by atoms with Crippen LogP contribution in [0.2, 0.25) is 0 Å². The molecule has 0 aromatic carbocycles. The van der Waals surface area contributed by atoms with E-state index in [2.05, 4.69) is 24.1 Å². The molecule has 0 radical (unpaired) electrons. The van der Waals surface area contributed by atoms with Crippen LogP contribution in [0.1, 0.15) is 45.2 Å². The first-order valence-corrected chi connectivity index (χ1v) is 7.74. The van der Waals surface area contributed by atoms with Gasteiger partial charge in [-0.3, -0.25) is 4.79 Å². The Morgan fingerprint density at radius 3 is 2.62 bits per heavy atom. The number of carbonyl (C=O) groups excluding carboxylic acids is 1. The van der Waals surface area contributed by atoms with Crippen LogP contribution in [0.5, 0.6) is 5.88 Å². The number of pyridine rings is 1. The van der Waals surface area contributed by atoms with Crippen molar-refractivity contribution in [2.45, 2.75) is 53.5 Å². The smallest absolute Gasteiger partial charge is 0.213 e. The monoisotopic (exact) mass is 292 g/mol. The Hall–Kier alpha value is -1.42. The zero-order valence-electron chi connectivity index (χ0n) is 13.9. The van der Waals surface area contributed by atoms with E-state index >= 15 is 0 Å². The Bertz CT molecular complexity index is 456. The van der Waals surface area contributed by atoms with E-state index in [-0.39, 0.29) is 5.92 Å². The molecule has 118 valence electrons. The van der Waals surface area contributed by atoms with Crippen LogP contribution in [0.25, 0.3) is 0 Å². The topological polar surface area (TPSA) is 51.2 Å². The number of aromatic nitrogens is 1. The Kier molecular flexibility index (Phi) is 7.37. The van der Waals surface area contributed by atoms with Crippen LogP contribution in [0.15, 0.2) is 12.3 Å². The van der Waals surface area contributed by atoms with Crippen LogP contribution >= 0.6 is 0 Å². The summed E-state index contributed by atoms with van der Waals surface area (Å²) in [6.07, 6.45) is 3.16. The Balaban J connectivity index is 2.46. The fourth-order valence-electron chi connectivity index (χ4n) is 1.95. The number of aryl methyl sites for hydroxylation is 2. The molecule has 0 saturated heterocycles. The second-order valence-electron chi connectivity index (χ2n) is 6.03. The highest BCUT2D eigenvalue weighted by Gasteiger charge is 2.09. The first kappa shape index (κ1) is 17.6. The molecule has 4 heteroatoms. The van der Waals surface area contributed by atoms with Crippen molar-refractivity contribution >= 4 is 5.78 Å². The van der Waals surface area contributed by atoms with Gasteiger partial charge in [-0.2, -0.15) is 0 Å². The molecule has 1 heterocycles. The third-order valence-electron chi connectivity index (χ3n) is 3.38. The number of Topliss-reactive ketones (excluding diaryl/α,β-unsaturated/α-hetero) is 1. The molecule has 0 aliphatic heterocycles. The van der Waals surface area contributed by atoms with Crippen LogP contribution < -0.4 is 10.1 Å². The predicted octanol–water partition coefficient (Wildman–Crippen LogP) is 2.92. The van der Waals surface area contributed by atoms with Gasteiger partial charge in [0.05, 0.1) is 0 Å². The van der Waals surface area contributed by atoms with E-state index in [1.807, 2.05) is 33.0 Å². The van der Waals surface area contributed by atoms with Crippen molar-refractivity contribution in [2.75, 3.05) is 13.2 Å². The first-order chi connectivity index (χ1) is 9.90. The number of nitrogens with one attached hydrogen (secondary N) is 1. The zero-order valence-corrected chi connectivity index (χ0v) is 13.9. The molecule has 0 amide bonds. The first-order valence-electron chi connectivity index (χ1n) is 7.74. The summed E-state index contributed by atoms with van der Waals surface area (Å²) in [5.74, 6) is 1.06. The third-order valence-corrected chi connectivity index (χ3v) is 3.38. The summed E-state index contributed by atoms with van der Waals surface area (Å²) in [6, 6.07) is 2.41. The average molecular weight is 292 g/mol. The second-order valence-corrected chi connectivity index (χ2v) is 6.03. The molecule has 1 N–H and O–H groups in total. The van der Waals surface area contributed by atoms with E-state index in [4.69, 9.17) is 4.74 Å². The standard InChI is InChI=1S/C17H28N2O2/c1-12(2)16(20)7-6-15-11-19-17(10-14(15)5)21-9-8-18-13(3)4/h10-13,18H,6-9H2,1-5H3. The molecule has 0 spiro atoms. The summed E-state index contributed by atoms with van der Waals surface area (Å²) >= 11 is 0. The molecular formula is C17H28N2O2. The molecule has 0 aliphatic carbocycles. The van der Waals surface area contributed by atoms with Gasteiger partial charge in [-0.1, -0.05) is 27.7 Å². The Morgan fingerprint density at radius 1 is 1.33 bits per heavy atom. The fraction of sp³-hybridized carbons (Fsp3) is 0.647. The van der Waals surface area contributed by atoms with Gasteiger partial charge in [-0.05, 0) is 24.5 Å². The minimum atomic E-state index is 0.106. The van der Waals surface area contributed by atoms with E-state index in [1.165, 1.54) is 0 Å². The normalized spacial score (nSPS) is 11.2. The van der Waals surface area contributed by atoms with Gasteiger partial charge in [0, 0.05) is 37.2 Å². The molecule has 21 heavy (non-hydrogen) atoms. The number of hydrogen-bond acceptors (Lipinski definition) is 4. The van der Waals surface area contributed by atoms with Crippen LogP contribution in [0, 0.1) is 12.8 Å². The van der Waals surface area contributed by atoms with Gasteiger partial charge in [-0.15, -0.1) is 0 Å². The second kappa shape index (κ2) is 8.78. The SMILES string of the molecule is Cc1cc(OCCNC(C)C)ncc1CCC(=O)C(C)C. The van der Waals surface area contributed by atoms with Crippen molar-refractivity contribution in [1.82, 2.24) is 10.3 Å². The van der Waals surface area contributed by atoms with Gasteiger partial charge in [0.2, 0.25) is 5.88 Å². The number of ketones is 1. The summed E-state index contributed by atoms with van der Waals surface area (Å²) in [5.41, 5.74) is 2.25. The number of carbonyl (C=O) groups is 1. The largest absolute Gasteiger partial charge is 0.476 e. The minimum absolute atomic E-state index is 0.106. The molecule has 0 bridgehead atoms. The predicted molar refractivity (Wildman–Crippen MR) is 85.8 cm³/mol. The van der Waals surface area contributed by atoms with Crippen LogP contribution in [0.4, 0.5) is 0 Å². The van der Waals surface area contributed by atoms with Gasteiger partial charge in [0.25, 0.3) is 0 Å². The maximum absolute atomic E-state index is 11.7. The van der Waals surface area contributed by atoms with E-state index in [0.29, 0.717) is 30.7 Å². The highest BCUT2D eigenvalue weighted by Crippen LogP contribution is 2.16. The summed E-state index contributed by atoms with van der Waals surface area (Å²) in [7, 11) is 0. The van der Waals surface area contributed by atoms with Crippen molar-refractivity contribution in [2.24, 2.45) is 5.92 Å². The lowest BCUT2D eigenvalue weighted by atomic mass is 10.00. The van der Waals surface area contributed by atoms with E-state index < -0.39 is 0 Å². The average Bonchev–Trinajstić information content (AvgIpc) is 2.42. The Morgan fingerprint density at radius 2 is 2.05 bits per heavy atom. The maximum Gasteiger partial charge on any atom is 0.213 e. The summed E-state index contributed by atoms with van der Waals surface area (Å²) in [6.45, 7) is 11.5. The van der Waals surface area contributed by atoms with Crippen LogP contribution in [-0.2, 0) is 11.2 Å². The van der Waals surface area contributed by atoms with E-state index in [0.717, 1.165) is 24.1 Å². The minimum Gasteiger partial charge on any atom is -0.476 e. The number of nitrogens with zero attached hydrogens (tertiary/aromatic N) is 1. The highest BCUT2D eigenvalue weighted by atomic mass is 16.5. The van der Waals surface area contributed by atoms with Gasteiger partial charge in [0.15, 0.2) is 0 Å². The fourth-order valence-corrected chi connectivity index (χ4v) is 1.95. The molecule has 0 aliphatic rings. The number of hydrogen-bond donors (Lipinski definition) is 1. The van der Waals surface area contributed by atoms with Crippen LogP contribution in [-0.4, -0.2) is 30.0 Å². The lowest BCUT2D eigenvalue weighted by molar-refractivity contribution is -0.121. The zero-order chi connectivity index (χ0) is 15.8. The van der Waals surface area contributed by atoms with Gasteiger partial charge >= 0.3 is 0 Å². The van der Waals surface area contributed by atoms with E-state index in [9.17, 15) is 4.79 Å². The molecule has 0 fully saturated rings. The van der Waals surface area contributed by atoms with Crippen molar-refractivity contribution in [1.29, 1.82) is 0 Å². The summed E-state index contributed by atoms with van der Waals surface area (Å²) in [4.78, 5) is 16.0. The summed E-state index contributed by atoms with van der Waals surface area (Å²) in [5, 5.41) is 3.29. The molecule has 0 atom stereocenters. The molecule has 0 unspecified atom stereocenters. The molecule has 1 aromatic rings. The summed E-state index contributed by atoms with van der Waals surface area (Å²) < 4.78 is 5.62. The third kappa shape index (κ3) is 6.71.